The van der Waals surface area contributed by atoms with Gasteiger partial charge in [-0.25, -0.2) is 0 Å². The minimum absolute atomic E-state index is 0.338. The Hall–Kier alpha value is -2.89. The normalized spacial score (nSPS) is 15.4. The number of nitrogens with two attached hydrogens (primary N) is 1. The summed E-state index contributed by atoms with van der Waals surface area (Å²) in [5, 5.41) is 3.40. The number of aromatic nitrogens is 1. The second-order valence-corrected chi connectivity index (χ2v) is 7.67. The molecule has 0 fully saturated rings. The van der Waals surface area contributed by atoms with Gasteiger partial charge in [-0.1, -0.05) is 44.6 Å². The SMILES string of the molecule is CC/C=C(/C1=CNC(C)C=C1)c1cc(OOCCCC)cc(-c2ccc(C)cn2)c1.CN. The van der Waals surface area contributed by atoms with E-state index in [4.69, 9.17) is 9.78 Å². The first-order valence-electron chi connectivity index (χ1n) is 11.4. The molecule has 0 spiro atoms. The van der Waals surface area contributed by atoms with Crippen molar-refractivity contribution in [3.8, 4) is 17.0 Å². The molecule has 0 saturated heterocycles. The summed E-state index contributed by atoms with van der Waals surface area (Å²) in [7, 11) is 1.50. The summed E-state index contributed by atoms with van der Waals surface area (Å²) in [5.41, 5.74) is 11.0. The molecular formula is C27H37N3O2. The molecule has 0 aliphatic carbocycles. The zero-order valence-corrected chi connectivity index (χ0v) is 20.0. The highest BCUT2D eigenvalue weighted by molar-refractivity contribution is 5.84. The van der Waals surface area contributed by atoms with Gasteiger partial charge in [-0.3, -0.25) is 4.98 Å². The number of unbranched alkanes of at least 4 members (excludes halogenated alkanes) is 1. The van der Waals surface area contributed by atoms with E-state index in [0.717, 1.165) is 47.2 Å². The number of allylic oxidation sites excluding steroid dienone is 4. The molecule has 0 amide bonds. The van der Waals surface area contributed by atoms with Crippen molar-refractivity contribution in [1.82, 2.24) is 10.3 Å². The number of hydrogen-bond donors (Lipinski definition) is 2. The van der Waals surface area contributed by atoms with E-state index in [1.165, 1.54) is 12.6 Å². The van der Waals surface area contributed by atoms with Crippen molar-refractivity contribution in [3.05, 3.63) is 77.7 Å². The fourth-order valence-electron chi connectivity index (χ4n) is 3.25. The van der Waals surface area contributed by atoms with Gasteiger partial charge in [0.05, 0.1) is 12.3 Å². The predicted octanol–water partition coefficient (Wildman–Crippen LogP) is 5.97. The van der Waals surface area contributed by atoms with Crippen molar-refractivity contribution in [2.75, 3.05) is 13.7 Å². The Kier molecular flexibility index (Phi) is 10.7. The monoisotopic (exact) mass is 435 g/mol. The van der Waals surface area contributed by atoms with Crippen LogP contribution in [-0.4, -0.2) is 24.7 Å². The van der Waals surface area contributed by atoms with E-state index >= 15 is 0 Å². The number of hydrogen-bond acceptors (Lipinski definition) is 5. The largest absolute Gasteiger partial charge is 0.384 e. The van der Waals surface area contributed by atoms with E-state index in [2.05, 4.69) is 73.4 Å². The number of benzene rings is 1. The maximum Gasteiger partial charge on any atom is 0.166 e. The maximum atomic E-state index is 5.66. The number of pyridine rings is 1. The van der Waals surface area contributed by atoms with Crippen LogP contribution in [0.25, 0.3) is 16.8 Å². The van der Waals surface area contributed by atoms with Crippen molar-refractivity contribution in [1.29, 1.82) is 0 Å². The molecule has 1 unspecified atom stereocenters. The van der Waals surface area contributed by atoms with Crippen LogP contribution in [0.3, 0.4) is 0 Å². The van der Waals surface area contributed by atoms with Gasteiger partial charge in [-0.05, 0) is 80.3 Å². The summed E-state index contributed by atoms with van der Waals surface area (Å²) in [4.78, 5) is 15.7. The zero-order chi connectivity index (χ0) is 23.3. The van der Waals surface area contributed by atoms with Crippen LogP contribution < -0.4 is 15.9 Å². The van der Waals surface area contributed by atoms with Crippen molar-refractivity contribution < 1.29 is 9.78 Å². The molecule has 3 rings (SSSR count). The molecular weight excluding hydrogens is 398 g/mol. The lowest BCUT2D eigenvalue weighted by Crippen LogP contribution is -2.21. The number of aryl methyl sites for hydroxylation is 1. The van der Waals surface area contributed by atoms with E-state index in [1.807, 2.05) is 31.3 Å². The van der Waals surface area contributed by atoms with E-state index < -0.39 is 0 Å². The molecule has 1 atom stereocenters. The number of nitrogens with zero attached hydrogens (tertiary/aromatic N) is 1. The number of nitrogens with one attached hydrogen (secondary N) is 1. The van der Waals surface area contributed by atoms with E-state index in [1.54, 1.807) is 0 Å². The van der Waals surface area contributed by atoms with Gasteiger partial charge in [0.25, 0.3) is 0 Å². The van der Waals surface area contributed by atoms with Crippen LogP contribution in [0.1, 0.15) is 51.2 Å². The molecule has 1 aliphatic heterocycles. The second-order valence-electron chi connectivity index (χ2n) is 7.67. The molecule has 0 radical (unpaired) electrons. The summed E-state index contributed by atoms with van der Waals surface area (Å²) in [6.07, 6.45) is 13.5. The van der Waals surface area contributed by atoms with Gasteiger partial charge in [0.2, 0.25) is 0 Å². The van der Waals surface area contributed by atoms with Crippen LogP contribution in [0.4, 0.5) is 0 Å². The molecule has 172 valence electrons. The Balaban J connectivity index is 0.00000176. The third kappa shape index (κ3) is 7.36. The molecule has 3 N–H and O–H groups in total. The van der Waals surface area contributed by atoms with Gasteiger partial charge in [0.1, 0.15) is 0 Å². The molecule has 32 heavy (non-hydrogen) atoms. The summed E-state index contributed by atoms with van der Waals surface area (Å²) < 4.78 is 0. The van der Waals surface area contributed by atoms with Crippen LogP contribution in [-0.2, 0) is 4.89 Å². The van der Waals surface area contributed by atoms with Crippen molar-refractivity contribution in [2.45, 2.75) is 53.0 Å². The molecule has 1 aliphatic rings. The predicted molar refractivity (Wildman–Crippen MR) is 134 cm³/mol. The molecule has 1 aromatic heterocycles. The molecule has 0 saturated carbocycles. The van der Waals surface area contributed by atoms with Crippen LogP contribution in [0, 0.1) is 6.92 Å². The van der Waals surface area contributed by atoms with Crippen LogP contribution in [0.2, 0.25) is 0 Å². The van der Waals surface area contributed by atoms with Crippen LogP contribution >= 0.6 is 0 Å². The van der Waals surface area contributed by atoms with Gasteiger partial charge < -0.3 is 15.9 Å². The first kappa shape index (κ1) is 25.4. The molecule has 2 heterocycles. The smallest absolute Gasteiger partial charge is 0.166 e. The molecule has 2 aromatic rings. The maximum absolute atomic E-state index is 5.66. The molecule has 1 aromatic carbocycles. The summed E-state index contributed by atoms with van der Waals surface area (Å²) in [5.74, 6) is 0.685. The van der Waals surface area contributed by atoms with Crippen molar-refractivity contribution in [3.63, 3.8) is 0 Å². The van der Waals surface area contributed by atoms with Crippen molar-refractivity contribution >= 4 is 5.57 Å². The summed E-state index contributed by atoms with van der Waals surface area (Å²) in [6.45, 7) is 9.04. The van der Waals surface area contributed by atoms with Gasteiger partial charge >= 0.3 is 0 Å². The highest BCUT2D eigenvalue weighted by Gasteiger charge is 2.14. The average Bonchev–Trinajstić information content (AvgIpc) is 2.82. The second kappa shape index (κ2) is 13.5. The third-order valence-electron chi connectivity index (χ3n) is 4.95. The van der Waals surface area contributed by atoms with Crippen molar-refractivity contribution in [2.24, 2.45) is 5.73 Å². The Morgan fingerprint density at radius 1 is 1.19 bits per heavy atom. The first-order valence-corrected chi connectivity index (χ1v) is 11.4. The Bertz CT molecular complexity index is 930. The Labute approximate surface area is 193 Å². The van der Waals surface area contributed by atoms with Gasteiger partial charge in [0, 0.05) is 24.0 Å². The molecule has 5 nitrogen and oxygen atoms in total. The zero-order valence-electron chi connectivity index (χ0n) is 20.0. The summed E-state index contributed by atoms with van der Waals surface area (Å²) in [6, 6.07) is 10.7. The lowest BCUT2D eigenvalue weighted by atomic mass is 9.93. The molecule has 0 bridgehead atoms. The Morgan fingerprint density at radius 3 is 2.62 bits per heavy atom. The van der Waals surface area contributed by atoms with Gasteiger partial charge in [0.15, 0.2) is 5.75 Å². The van der Waals surface area contributed by atoms with E-state index in [9.17, 15) is 0 Å². The fraction of sp³-hybridized carbons (Fsp3) is 0.370. The third-order valence-corrected chi connectivity index (χ3v) is 4.95. The topological polar surface area (TPSA) is 69.4 Å². The van der Waals surface area contributed by atoms with E-state index in [-0.39, 0.29) is 0 Å². The standard InChI is InChI=1S/C26H32N2O2.CH5N/c1-5-7-13-29-30-24-15-22(14-23(16-24)26-12-9-19(3)17-28-26)25(8-6-2)21-11-10-20(4)27-18-21;1-2/h8-12,14-18,20,27H,5-7,13H2,1-4H3;2H2,1H3/b25-8-;. The number of dihydropyridines is 1. The fourth-order valence-corrected chi connectivity index (χ4v) is 3.25. The highest BCUT2D eigenvalue weighted by atomic mass is 17.2. The lowest BCUT2D eigenvalue weighted by Gasteiger charge is -2.18. The van der Waals surface area contributed by atoms with Gasteiger partial charge in [-0.15, -0.1) is 0 Å². The highest BCUT2D eigenvalue weighted by Crippen LogP contribution is 2.33. The lowest BCUT2D eigenvalue weighted by molar-refractivity contribution is -0.207. The van der Waals surface area contributed by atoms with Crippen LogP contribution in [0.15, 0.2) is 66.5 Å². The summed E-state index contributed by atoms with van der Waals surface area (Å²) >= 11 is 0. The van der Waals surface area contributed by atoms with Crippen LogP contribution in [0.5, 0.6) is 5.75 Å². The quantitative estimate of drug-likeness (QED) is 0.289. The minimum Gasteiger partial charge on any atom is -0.384 e. The average molecular weight is 436 g/mol. The molecule has 5 heteroatoms. The minimum atomic E-state index is 0.338. The number of rotatable bonds is 9. The van der Waals surface area contributed by atoms with Gasteiger partial charge in [-0.2, -0.15) is 4.89 Å². The Morgan fingerprint density at radius 2 is 2.00 bits per heavy atom. The first-order chi connectivity index (χ1) is 15.6. The van der Waals surface area contributed by atoms with E-state index in [0.29, 0.717) is 18.4 Å².